The summed E-state index contributed by atoms with van der Waals surface area (Å²) in [6.07, 6.45) is 4.30. The number of methoxy groups -OCH3 is 2. The highest BCUT2D eigenvalue weighted by molar-refractivity contribution is 5.42. The lowest BCUT2D eigenvalue weighted by Gasteiger charge is -2.22. The fourth-order valence-corrected chi connectivity index (χ4v) is 2.22. The first-order valence-corrected chi connectivity index (χ1v) is 6.26. The summed E-state index contributed by atoms with van der Waals surface area (Å²) in [6.45, 7) is 2.91. The fourth-order valence-electron chi connectivity index (χ4n) is 2.22. The molecule has 0 aliphatic carbocycles. The summed E-state index contributed by atoms with van der Waals surface area (Å²) in [4.78, 5) is 0. The Morgan fingerprint density at radius 3 is 2.78 bits per heavy atom. The third kappa shape index (κ3) is 2.85. The van der Waals surface area contributed by atoms with Crippen molar-refractivity contribution in [1.29, 1.82) is 0 Å². The molecule has 2 rings (SSSR count). The van der Waals surface area contributed by atoms with Crippen molar-refractivity contribution >= 4 is 0 Å². The van der Waals surface area contributed by atoms with E-state index in [4.69, 9.17) is 14.2 Å². The van der Waals surface area contributed by atoms with Gasteiger partial charge >= 0.3 is 0 Å². The summed E-state index contributed by atoms with van der Waals surface area (Å²) < 4.78 is 16.3. The maximum atomic E-state index is 5.65. The first kappa shape index (κ1) is 13.0. The predicted molar refractivity (Wildman–Crippen MR) is 71.4 cm³/mol. The zero-order valence-corrected chi connectivity index (χ0v) is 11.2. The number of hydrogen-bond donors (Lipinski definition) is 0. The molecule has 3 nitrogen and oxygen atoms in total. The predicted octanol–water partition coefficient (Wildman–Crippen LogP) is 2.98. The highest BCUT2D eigenvalue weighted by atomic mass is 16.5. The van der Waals surface area contributed by atoms with E-state index in [1.54, 1.807) is 14.2 Å². The molecule has 0 unspecified atom stereocenters. The topological polar surface area (TPSA) is 27.7 Å². The van der Waals surface area contributed by atoms with Gasteiger partial charge in [-0.25, -0.2) is 0 Å². The smallest absolute Gasteiger partial charge is 0.122 e. The van der Waals surface area contributed by atoms with Crippen LogP contribution in [0.15, 0.2) is 29.8 Å². The molecule has 0 saturated heterocycles. The highest BCUT2D eigenvalue weighted by Crippen LogP contribution is 2.28. The van der Waals surface area contributed by atoms with Gasteiger partial charge in [-0.05, 0) is 43.5 Å². The number of hydrogen-bond acceptors (Lipinski definition) is 3. The van der Waals surface area contributed by atoms with E-state index in [0.29, 0.717) is 0 Å². The molecule has 98 valence electrons. The molecule has 0 bridgehead atoms. The SMILES string of the molecule is COc1ccc(OC)c(CC2=CCCO[C@H]2C)c1. The minimum Gasteiger partial charge on any atom is -0.497 e. The standard InChI is InChI=1S/C15H20O3/c1-11-12(5-4-8-18-11)9-13-10-14(16-2)6-7-15(13)17-3/h5-7,10-11H,4,8-9H2,1-3H3/t11-/m0/s1. The first-order chi connectivity index (χ1) is 8.74. The van der Waals surface area contributed by atoms with Crippen LogP contribution in [0.25, 0.3) is 0 Å². The molecular weight excluding hydrogens is 228 g/mol. The summed E-state index contributed by atoms with van der Waals surface area (Å²) >= 11 is 0. The molecule has 0 radical (unpaired) electrons. The number of rotatable bonds is 4. The molecule has 1 aromatic carbocycles. The molecule has 1 aromatic rings. The lowest BCUT2D eigenvalue weighted by atomic mass is 9.98. The van der Waals surface area contributed by atoms with Crippen molar-refractivity contribution < 1.29 is 14.2 Å². The Bertz CT molecular complexity index is 437. The third-order valence-electron chi connectivity index (χ3n) is 3.30. The Labute approximate surface area is 108 Å². The molecule has 0 saturated carbocycles. The number of benzene rings is 1. The Balaban J connectivity index is 2.23. The van der Waals surface area contributed by atoms with E-state index in [0.717, 1.165) is 36.5 Å². The molecule has 1 aliphatic heterocycles. The molecule has 1 atom stereocenters. The molecule has 0 N–H and O–H groups in total. The molecule has 1 aliphatic rings. The van der Waals surface area contributed by atoms with E-state index in [1.807, 2.05) is 18.2 Å². The van der Waals surface area contributed by atoms with Gasteiger partial charge in [-0.1, -0.05) is 6.08 Å². The molecule has 0 amide bonds. The molecule has 1 heterocycles. The van der Waals surface area contributed by atoms with Crippen LogP contribution in [-0.2, 0) is 11.2 Å². The van der Waals surface area contributed by atoms with Crippen LogP contribution in [0.3, 0.4) is 0 Å². The van der Waals surface area contributed by atoms with Gasteiger partial charge in [0.25, 0.3) is 0 Å². The zero-order valence-electron chi connectivity index (χ0n) is 11.2. The minimum absolute atomic E-state index is 0.189. The van der Waals surface area contributed by atoms with E-state index in [2.05, 4.69) is 13.0 Å². The summed E-state index contributed by atoms with van der Waals surface area (Å²) in [6, 6.07) is 5.89. The fraction of sp³-hybridized carbons (Fsp3) is 0.467. The Kier molecular flexibility index (Phi) is 4.26. The molecule has 0 fully saturated rings. The summed E-state index contributed by atoms with van der Waals surface area (Å²) in [7, 11) is 3.37. The quantitative estimate of drug-likeness (QED) is 0.767. The Hall–Kier alpha value is -1.48. The van der Waals surface area contributed by atoms with E-state index < -0.39 is 0 Å². The van der Waals surface area contributed by atoms with Gasteiger partial charge in [-0.2, -0.15) is 0 Å². The summed E-state index contributed by atoms with van der Waals surface area (Å²) in [5, 5.41) is 0. The zero-order chi connectivity index (χ0) is 13.0. The largest absolute Gasteiger partial charge is 0.497 e. The van der Waals surface area contributed by atoms with Crippen molar-refractivity contribution in [3.8, 4) is 11.5 Å². The van der Waals surface area contributed by atoms with Crippen LogP contribution in [0.2, 0.25) is 0 Å². The van der Waals surface area contributed by atoms with Crippen LogP contribution >= 0.6 is 0 Å². The van der Waals surface area contributed by atoms with E-state index in [-0.39, 0.29) is 6.10 Å². The van der Waals surface area contributed by atoms with Crippen molar-refractivity contribution in [2.24, 2.45) is 0 Å². The van der Waals surface area contributed by atoms with Gasteiger partial charge < -0.3 is 14.2 Å². The number of ether oxygens (including phenoxy) is 3. The van der Waals surface area contributed by atoms with Crippen LogP contribution in [-0.4, -0.2) is 26.9 Å². The highest BCUT2D eigenvalue weighted by Gasteiger charge is 2.16. The van der Waals surface area contributed by atoms with Gasteiger partial charge in [0.2, 0.25) is 0 Å². The monoisotopic (exact) mass is 248 g/mol. The van der Waals surface area contributed by atoms with Gasteiger partial charge in [0, 0.05) is 5.56 Å². The second-order valence-corrected chi connectivity index (χ2v) is 4.44. The molecular formula is C15H20O3. The summed E-state index contributed by atoms with van der Waals surface area (Å²) in [5.74, 6) is 1.75. The molecule has 3 heteroatoms. The Morgan fingerprint density at radius 2 is 2.11 bits per heavy atom. The maximum Gasteiger partial charge on any atom is 0.122 e. The van der Waals surface area contributed by atoms with Gasteiger partial charge in [-0.3, -0.25) is 0 Å². The van der Waals surface area contributed by atoms with Crippen LogP contribution in [0, 0.1) is 0 Å². The van der Waals surface area contributed by atoms with Gasteiger partial charge in [-0.15, -0.1) is 0 Å². The first-order valence-electron chi connectivity index (χ1n) is 6.26. The van der Waals surface area contributed by atoms with Crippen molar-refractivity contribution in [3.05, 3.63) is 35.4 Å². The Morgan fingerprint density at radius 1 is 1.28 bits per heavy atom. The van der Waals surface area contributed by atoms with Crippen molar-refractivity contribution in [2.45, 2.75) is 25.9 Å². The van der Waals surface area contributed by atoms with E-state index >= 15 is 0 Å². The average Bonchev–Trinajstić information content (AvgIpc) is 2.41. The van der Waals surface area contributed by atoms with Gasteiger partial charge in [0.15, 0.2) is 0 Å². The normalized spacial score (nSPS) is 19.3. The minimum atomic E-state index is 0.189. The lowest BCUT2D eigenvalue weighted by Crippen LogP contribution is -2.18. The van der Waals surface area contributed by atoms with E-state index in [1.165, 1.54) is 5.57 Å². The molecule has 18 heavy (non-hydrogen) atoms. The van der Waals surface area contributed by atoms with Gasteiger partial charge in [0.1, 0.15) is 11.5 Å². The third-order valence-corrected chi connectivity index (χ3v) is 3.30. The average molecular weight is 248 g/mol. The van der Waals surface area contributed by atoms with Crippen molar-refractivity contribution in [2.75, 3.05) is 20.8 Å². The van der Waals surface area contributed by atoms with E-state index in [9.17, 15) is 0 Å². The van der Waals surface area contributed by atoms with Crippen LogP contribution in [0.5, 0.6) is 11.5 Å². The molecule has 0 aromatic heterocycles. The van der Waals surface area contributed by atoms with Crippen LogP contribution in [0.1, 0.15) is 18.9 Å². The van der Waals surface area contributed by atoms with Crippen molar-refractivity contribution in [1.82, 2.24) is 0 Å². The van der Waals surface area contributed by atoms with Gasteiger partial charge in [0.05, 0.1) is 26.9 Å². The van der Waals surface area contributed by atoms with Crippen LogP contribution < -0.4 is 9.47 Å². The second-order valence-electron chi connectivity index (χ2n) is 4.44. The lowest BCUT2D eigenvalue weighted by molar-refractivity contribution is 0.0816. The van der Waals surface area contributed by atoms with Crippen molar-refractivity contribution in [3.63, 3.8) is 0 Å². The second kappa shape index (κ2) is 5.91. The maximum absolute atomic E-state index is 5.65. The summed E-state index contributed by atoms with van der Waals surface area (Å²) in [5.41, 5.74) is 2.45. The van der Waals surface area contributed by atoms with Crippen LogP contribution in [0.4, 0.5) is 0 Å². The molecule has 0 spiro atoms.